The van der Waals surface area contributed by atoms with Gasteiger partial charge in [-0.05, 0) is 24.6 Å². The number of nitrogens with one attached hydrogen (secondary N) is 1. The normalized spacial score (nSPS) is 27.3. The Morgan fingerprint density at radius 3 is 3.00 bits per heavy atom. The third-order valence-corrected chi connectivity index (χ3v) is 4.74. The molecule has 1 aromatic rings. The summed E-state index contributed by atoms with van der Waals surface area (Å²) < 4.78 is 12.7. The summed E-state index contributed by atoms with van der Waals surface area (Å²) in [5.41, 5.74) is 1.22. The molecule has 0 bridgehead atoms. The van der Waals surface area contributed by atoms with Crippen LogP contribution in [0, 0.1) is 0 Å². The van der Waals surface area contributed by atoms with Gasteiger partial charge >= 0.3 is 0 Å². The van der Waals surface area contributed by atoms with E-state index in [1.165, 1.54) is 5.56 Å². The maximum absolute atomic E-state index is 11.6. The maximum atomic E-state index is 11.6. The molecule has 4 heteroatoms. The molecule has 2 nitrogen and oxygen atoms in total. The van der Waals surface area contributed by atoms with Crippen LogP contribution in [0.4, 0.5) is 0 Å². The van der Waals surface area contributed by atoms with Crippen molar-refractivity contribution < 1.29 is 4.21 Å². The molecule has 1 heterocycles. The van der Waals surface area contributed by atoms with Crippen molar-refractivity contribution in [3.63, 3.8) is 0 Å². The summed E-state index contributed by atoms with van der Waals surface area (Å²) in [7, 11) is -0.680. The molecule has 2 rings (SSSR count). The SMILES string of the molecule is O=S1CCCNC(c2ccccc2Br)C1. The first-order valence-electron chi connectivity index (χ1n) is 5.10. The summed E-state index contributed by atoms with van der Waals surface area (Å²) in [5.74, 6) is 1.55. The van der Waals surface area contributed by atoms with Crippen LogP contribution in [-0.4, -0.2) is 22.3 Å². The molecule has 0 spiro atoms. The van der Waals surface area contributed by atoms with Crippen molar-refractivity contribution in [1.82, 2.24) is 5.32 Å². The molecule has 1 aromatic carbocycles. The predicted octanol–water partition coefficient (Wildman–Crippen LogP) is 2.23. The zero-order valence-corrected chi connectivity index (χ0v) is 10.8. The Balaban J connectivity index is 2.22. The van der Waals surface area contributed by atoms with Gasteiger partial charge in [0.05, 0.1) is 0 Å². The minimum atomic E-state index is -0.680. The van der Waals surface area contributed by atoms with E-state index >= 15 is 0 Å². The van der Waals surface area contributed by atoms with E-state index < -0.39 is 10.8 Å². The first-order chi connectivity index (χ1) is 7.27. The Labute approximate surface area is 101 Å². The van der Waals surface area contributed by atoms with Crippen LogP contribution < -0.4 is 5.32 Å². The zero-order chi connectivity index (χ0) is 10.7. The van der Waals surface area contributed by atoms with E-state index in [1.54, 1.807) is 0 Å². The Bertz CT molecular complexity index is 369. The summed E-state index contributed by atoms with van der Waals surface area (Å²) in [6, 6.07) is 8.37. The Hall–Kier alpha value is -0.190. The second kappa shape index (κ2) is 5.23. The largest absolute Gasteiger partial charge is 0.309 e. The minimum absolute atomic E-state index is 0.226. The summed E-state index contributed by atoms with van der Waals surface area (Å²) in [6.45, 7) is 0.956. The van der Waals surface area contributed by atoms with E-state index in [-0.39, 0.29) is 6.04 Å². The highest BCUT2D eigenvalue weighted by molar-refractivity contribution is 9.10. The number of hydrogen-bond acceptors (Lipinski definition) is 2. The van der Waals surface area contributed by atoms with E-state index in [4.69, 9.17) is 0 Å². The highest BCUT2D eigenvalue weighted by atomic mass is 79.9. The monoisotopic (exact) mass is 287 g/mol. The van der Waals surface area contributed by atoms with Gasteiger partial charge in [-0.1, -0.05) is 34.1 Å². The van der Waals surface area contributed by atoms with E-state index in [1.807, 2.05) is 18.2 Å². The topological polar surface area (TPSA) is 29.1 Å². The van der Waals surface area contributed by atoms with Gasteiger partial charge in [0.25, 0.3) is 0 Å². The molecule has 1 fully saturated rings. The number of halogens is 1. The lowest BCUT2D eigenvalue weighted by atomic mass is 10.1. The molecule has 2 unspecified atom stereocenters. The molecule has 0 aliphatic carbocycles. The van der Waals surface area contributed by atoms with Crippen LogP contribution in [0.3, 0.4) is 0 Å². The number of benzene rings is 1. The van der Waals surface area contributed by atoms with Gasteiger partial charge in [-0.2, -0.15) is 0 Å². The van der Waals surface area contributed by atoms with Crippen LogP contribution in [0.25, 0.3) is 0 Å². The zero-order valence-electron chi connectivity index (χ0n) is 8.41. The summed E-state index contributed by atoms with van der Waals surface area (Å²) in [6.07, 6.45) is 1.01. The third-order valence-electron chi connectivity index (χ3n) is 2.57. The van der Waals surface area contributed by atoms with Gasteiger partial charge in [0.1, 0.15) is 0 Å². The van der Waals surface area contributed by atoms with Crippen LogP contribution in [0.15, 0.2) is 28.7 Å². The van der Waals surface area contributed by atoms with Gasteiger partial charge in [0.15, 0.2) is 0 Å². The van der Waals surface area contributed by atoms with Crippen molar-refractivity contribution in [2.75, 3.05) is 18.1 Å². The lowest BCUT2D eigenvalue weighted by Gasteiger charge is -2.16. The van der Waals surface area contributed by atoms with E-state index in [0.717, 1.165) is 28.9 Å². The van der Waals surface area contributed by atoms with Crippen LogP contribution in [-0.2, 0) is 10.8 Å². The molecule has 0 radical (unpaired) electrons. The van der Waals surface area contributed by atoms with Crippen molar-refractivity contribution in [3.8, 4) is 0 Å². The Morgan fingerprint density at radius 2 is 2.20 bits per heavy atom. The van der Waals surface area contributed by atoms with E-state index in [2.05, 4.69) is 27.3 Å². The fourth-order valence-electron chi connectivity index (χ4n) is 1.80. The average molecular weight is 288 g/mol. The molecular formula is C11H14BrNOS. The predicted molar refractivity (Wildman–Crippen MR) is 67.4 cm³/mol. The number of rotatable bonds is 1. The van der Waals surface area contributed by atoms with Gasteiger partial charge in [0.2, 0.25) is 0 Å². The molecule has 15 heavy (non-hydrogen) atoms. The second-order valence-corrected chi connectivity index (χ2v) is 6.17. The first kappa shape index (κ1) is 11.3. The molecule has 0 saturated carbocycles. The van der Waals surface area contributed by atoms with Crippen molar-refractivity contribution in [2.24, 2.45) is 0 Å². The molecular weight excluding hydrogens is 274 g/mol. The average Bonchev–Trinajstić information content (AvgIpc) is 2.43. The molecule has 1 N–H and O–H groups in total. The second-order valence-electron chi connectivity index (χ2n) is 3.69. The van der Waals surface area contributed by atoms with Gasteiger partial charge in [0, 0.05) is 32.8 Å². The molecule has 1 aliphatic rings. The minimum Gasteiger partial charge on any atom is -0.309 e. The molecule has 82 valence electrons. The third kappa shape index (κ3) is 2.89. The highest BCUT2D eigenvalue weighted by Crippen LogP contribution is 2.24. The van der Waals surface area contributed by atoms with Crippen molar-refractivity contribution >= 4 is 26.7 Å². The van der Waals surface area contributed by atoms with E-state index in [9.17, 15) is 4.21 Å². The lowest BCUT2D eigenvalue weighted by molar-refractivity contribution is 0.585. The van der Waals surface area contributed by atoms with Crippen LogP contribution in [0.2, 0.25) is 0 Å². The van der Waals surface area contributed by atoms with E-state index in [0.29, 0.717) is 0 Å². The van der Waals surface area contributed by atoms with Gasteiger partial charge in [-0.25, -0.2) is 0 Å². The van der Waals surface area contributed by atoms with Crippen LogP contribution in [0.1, 0.15) is 18.0 Å². The van der Waals surface area contributed by atoms with Gasteiger partial charge in [-0.3, -0.25) is 4.21 Å². The molecule has 0 amide bonds. The van der Waals surface area contributed by atoms with Crippen molar-refractivity contribution in [2.45, 2.75) is 12.5 Å². The summed E-state index contributed by atoms with van der Waals surface area (Å²) in [5, 5.41) is 3.45. The van der Waals surface area contributed by atoms with Crippen LogP contribution >= 0.6 is 15.9 Å². The molecule has 1 aliphatic heterocycles. The van der Waals surface area contributed by atoms with Crippen molar-refractivity contribution in [3.05, 3.63) is 34.3 Å². The standard InChI is InChI=1S/C11H14BrNOS/c12-10-5-2-1-4-9(10)11-8-15(14)7-3-6-13-11/h1-2,4-5,11,13H,3,6-8H2. The van der Waals surface area contributed by atoms with Gasteiger partial charge < -0.3 is 5.32 Å². The number of hydrogen-bond donors (Lipinski definition) is 1. The van der Waals surface area contributed by atoms with Crippen molar-refractivity contribution in [1.29, 1.82) is 0 Å². The smallest absolute Gasteiger partial charge is 0.0448 e. The Kier molecular flexibility index (Phi) is 3.94. The quantitative estimate of drug-likeness (QED) is 0.858. The summed E-state index contributed by atoms with van der Waals surface area (Å²) in [4.78, 5) is 0. The first-order valence-corrected chi connectivity index (χ1v) is 7.38. The maximum Gasteiger partial charge on any atom is 0.0448 e. The highest BCUT2D eigenvalue weighted by Gasteiger charge is 2.19. The van der Waals surface area contributed by atoms with Crippen LogP contribution in [0.5, 0.6) is 0 Å². The lowest BCUT2D eigenvalue weighted by Crippen LogP contribution is -2.24. The van der Waals surface area contributed by atoms with Gasteiger partial charge in [-0.15, -0.1) is 0 Å². The fraction of sp³-hybridized carbons (Fsp3) is 0.455. The fourth-order valence-corrected chi connectivity index (χ4v) is 3.66. The molecule has 1 saturated heterocycles. The summed E-state index contributed by atoms with van der Waals surface area (Å²) >= 11 is 3.54. The molecule has 0 aromatic heterocycles. The molecule has 2 atom stereocenters. The Morgan fingerprint density at radius 1 is 1.40 bits per heavy atom.